The van der Waals surface area contributed by atoms with Crippen LogP contribution in [0.4, 0.5) is 0 Å². The lowest BCUT2D eigenvalue weighted by atomic mass is 9.41. The van der Waals surface area contributed by atoms with E-state index >= 15 is 0 Å². The van der Waals surface area contributed by atoms with Crippen molar-refractivity contribution in [1.82, 2.24) is 0 Å². The number of hydrogen-bond acceptors (Lipinski definition) is 4. The lowest BCUT2D eigenvalue weighted by Gasteiger charge is -2.64. The van der Waals surface area contributed by atoms with Crippen molar-refractivity contribution in [2.24, 2.45) is 45.3 Å². The normalized spacial score (nSPS) is 47.0. The van der Waals surface area contributed by atoms with Crippen molar-refractivity contribution >= 4 is 0 Å². The molecule has 0 aromatic rings. The highest BCUT2D eigenvalue weighted by atomic mass is 17.1. The smallest absolute Gasteiger partial charge is 0.116 e. The van der Waals surface area contributed by atoms with Crippen molar-refractivity contribution in [3.05, 3.63) is 23.8 Å². The summed E-state index contributed by atoms with van der Waals surface area (Å²) in [6, 6.07) is 0. The molecule has 0 amide bonds. The lowest BCUT2D eigenvalue weighted by molar-refractivity contribution is -0.297. The molecule has 4 aliphatic rings. The largest absolute Gasteiger partial charge is 0.393 e. The summed E-state index contributed by atoms with van der Waals surface area (Å²) in [5, 5.41) is 31.4. The molecule has 3 saturated carbocycles. The van der Waals surface area contributed by atoms with Gasteiger partial charge in [0.25, 0.3) is 0 Å². The zero-order valence-electron chi connectivity index (χ0n) is 22.9. The maximum Gasteiger partial charge on any atom is 0.116 e. The van der Waals surface area contributed by atoms with Crippen molar-refractivity contribution in [3.63, 3.8) is 0 Å². The van der Waals surface area contributed by atoms with Crippen LogP contribution in [0.5, 0.6) is 0 Å². The predicted octanol–water partition coefficient (Wildman–Crippen LogP) is 6.77. The minimum absolute atomic E-state index is 0.0135. The van der Waals surface area contributed by atoms with Gasteiger partial charge >= 0.3 is 0 Å². The van der Waals surface area contributed by atoms with E-state index in [1.165, 1.54) is 6.42 Å². The molecule has 0 aliphatic heterocycles. The number of aliphatic hydroxyl groups excluding tert-OH is 2. The Morgan fingerprint density at radius 2 is 1.79 bits per heavy atom. The molecule has 0 radical (unpaired) electrons. The van der Waals surface area contributed by atoms with Gasteiger partial charge in [-0.15, -0.1) is 0 Å². The second kappa shape index (κ2) is 8.43. The van der Waals surface area contributed by atoms with E-state index in [0.29, 0.717) is 17.8 Å². The van der Waals surface area contributed by atoms with E-state index in [0.717, 1.165) is 38.5 Å². The molecule has 4 heteroatoms. The first-order chi connectivity index (χ1) is 15.6. The Morgan fingerprint density at radius 3 is 2.44 bits per heavy atom. The number of rotatable bonds is 5. The fourth-order valence-electron chi connectivity index (χ4n) is 9.56. The van der Waals surface area contributed by atoms with E-state index in [2.05, 4.69) is 58.6 Å². The molecule has 0 aromatic heterocycles. The Balaban J connectivity index is 1.64. The quantitative estimate of drug-likeness (QED) is 0.233. The van der Waals surface area contributed by atoms with Crippen LogP contribution in [0, 0.1) is 45.3 Å². The van der Waals surface area contributed by atoms with E-state index in [-0.39, 0.29) is 39.8 Å². The van der Waals surface area contributed by atoms with Gasteiger partial charge in [-0.2, -0.15) is 0 Å². The second-order valence-electron chi connectivity index (χ2n) is 14.3. The van der Waals surface area contributed by atoms with Crippen LogP contribution >= 0.6 is 0 Å². The van der Waals surface area contributed by atoms with Crippen molar-refractivity contribution < 1.29 is 20.4 Å². The molecule has 0 saturated heterocycles. The summed E-state index contributed by atoms with van der Waals surface area (Å²) in [5.41, 5.74) is 1.18. The van der Waals surface area contributed by atoms with Crippen LogP contribution < -0.4 is 0 Å². The van der Waals surface area contributed by atoms with Gasteiger partial charge in [0.1, 0.15) is 5.60 Å². The zero-order valence-corrected chi connectivity index (χ0v) is 22.9. The highest BCUT2D eigenvalue weighted by Gasteiger charge is 2.67. The van der Waals surface area contributed by atoms with Gasteiger partial charge in [0.05, 0.1) is 12.2 Å². The van der Waals surface area contributed by atoms with E-state index in [9.17, 15) is 10.2 Å². The number of fused-ring (bicyclic) bond motifs is 5. The van der Waals surface area contributed by atoms with Crippen LogP contribution in [0.1, 0.15) is 100 Å². The summed E-state index contributed by atoms with van der Waals surface area (Å²) < 4.78 is 0. The fourth-order valence-corrected chi connectivity index (χ4v) is 9.56. The van der Waals surface area contributed by atoms with Crippen molar-refractivity contribution in [1.29, 1.82) is 0 Å². The van der Waals surface area contributed by atoms with E-state index in [1.807, 2.05) is 19.9 Å². The fraction of sp³-hybridized carbons (Fsp3) is 0.867. The molecule has 9 atom stereocenters. The Hall–Kier alpha value is -0.680. The van der Waals surface area contributed by atoms with Crippen LogP contribution in [0.15, 0.2) is 23.8 Å². The van der Waals surface area contributed by atoms with Crippen LogP contribution in [0.25, 0.3) is 0 Å². The summed E-state index contributed by atoms with van der Waals surface area (Å²) in [5.74, 6) is 1.66. The van der Waals surface area contributed by atoms with Gasteiger partial charge in [0, 0.05) is 0 Å². The summed E-state index contributed by atoms with van der Waals surface area (Å²) in [7, 11) is 0. The average molecular weight is 475 g/mol. The van der Waals surface area contributed by atoms with Gasteiger partial charge < -0.3 is 10.2 Å². The SMILES string of the molecule is C[C@H](C/C=C/C(C)(C)OO)[C@@H]1[C@@H](O)C[C@]2(C)C3=CC[C@H]4C(C)(C)[C@@H](O)CC[C@]4(C)[C@H]3CC[C@@]12C. The lowest BCUT2D eigenvalue weighted by Crippen LogP contribution is -2.58. The topological polar surface area (TPSA) is 69.9 Å². The van der Waals surface area contributed by atoms with Gasteiger partial charge in [0.15, 0.2) is 0 Å². The van der Waals surface area contributed by atoms with Gasteiger partial charge in [-0.1, -0.05) is 65.3 Å². The summed E-state index contributed by atoms with van der Waals surface area (Å²) in [6.45, 7) is 17.9. The van der Waals surface area contributed by atoms with E-state index in [1.54, 1.807) is 5.57 Å². The maximum absolute atomic E-state index is 11.5. The van der Waals surface area contributed by atoms with Crippen molar-refractivity contribution in [2.45, 2.75) is 118 Å². The molecule has 0 bridgehead atoms. The first-order valence-electron chi connectivity index (χ1n) is 13.7. The second-order valence-corrected chi connectivity index (χ2v) is 14.3. The highest BCUT2D eigenvalue weighted by molar-refractivity contribution is 5.34. The Morgan fingerprint density at radius 1 is 1.12 bits per heavy atom. The third-order valence-corrected chi connectivity index (χ3v) is 11.7. The molecule has 3 N–H and O–H groups in total. The first-order valence-corrected chi connectivity index (χ1v) is 13.7. The molecule has 0 heterocycles. The van der Waals surface area contributed by atoms with E-state index < -0.39 is 5.60 Å². The van der Waals surface area contributed by atoms with Gasteiger partial charge in [-0.25, -0.2) is 4.89 Å². The highest BCUT2D eigenvalue weighted by Crippen LogP contribution is 2.73. The van der Waals surface area contributed by atoms with Gasteiger partial charge in [-0.3, -0.25) is 5.26 Å². The number of hydrogen-bond donors (Lipinski definition) is 3. The number of allylic oxidation sites excluding steroid dienone is 3. The monoisotopic (exact) mass is 474 g/mol. The van der Waals surface area contributed by atoms with Crippen LogP contribution in [0.2, 0.25) is 0 Å². The molecule has 0 spiro atoms. The van der Waals surface area contributed by atoms with Crippen LogP contribution in [-0.2, 0) is 4.89 Å². The third kappa shape index (κ3) is 3.69. The molecule has 194 valence electrons. The van der Waals surface area contributed by atoms with Gasteiger partial charge in [-0.05, 0) is 104 Å². The molecule has 0 aromatic carbocycles. The molecule has 4 nitrogen and oxygen atoms in total. The third-order valence-electron chi connectivity index (χ3n) is 11.7. The Kier molecular flexibility index (Phi) is 6.54. The van der Waals surface area contributed by atoms with E-state index in [4.69, 9.17) is 5.26 Å². The maximum atomic E-state index is 11.5. The minimum atomic E-state index is -0.690. The molecule has 4 aliphatic carbocycles. The van der Waals surface area contributed by atoms with Crippen molar-refractivity contribution in [2.75, 3.05) is 0 Å². The Labute approximate surface area is 207 Å². The molecular formula is C30H50O4. The van der Waals surface area contributed by atoms with Gasteiger partial charge in [0.2, 0.25) is 0 Å². The molecule has 3 fully saturated rings. The average Bonchev–Trinajstić information content (AvgIpc) is 2.96. The number of aliphatic hydroxyl groups is 2. The summed E-state index contributed by atoms with van der Waals surface area (Å²) in [6.07, 6.45) is 13.2. The summed E-state index contributed by atoms with van der Waals surface area (Å²) in [4.78, 5) is 4.56. The molecule has 34 heavy (non-hydrogen) atoms. The first kappa shape index (κ1) is 26.4. The van der Waals surface area contributed by atoms with Crippen LogP contribution in [-0.4, -0.2) is 33.3 Å². The molecular weight excluding hydrogens is 424 g/mol. The molecule has 0 unspecified atom stereocenters. The predicted molar refractivity (Wildman–Crippen MR) is 137 cm³/mol. The van der Waals surface area contributed by atoms with Crippen LogP contribution in [0.3, 0.4) is 0 Å². The zero-order chi connectivity index (χ0) is 25.3. The van der Waals surface area contributed by atoms with Crippen molar-refractivity contribution in [3.8, 4) is 0 Å². The standard InChI is InChI=1S/C30H50O4/c1-19(10-9-15-26(2,3)34-33)25-22(31)18-30(8)21-11-12-23-27(4,5)24(32)14-16-28(23,6)20(21)13-17-29(25,30)7/h9,11,15,19-20,22-25,31-33H,10,12-14,16-18H2,1-8H3/b15-9+/t19-,20+,22+,23+,24+,25-,28-,29+,30-/m1/s1. The molecule has 4 rings (SSSR count). The minimum Gasteiger partial charge on any atom is -0.393 e. The Bertz CT molecular complexity index is 843. The summed E-state index contributed by atoms with van der Waals surface area (Å²) >= 11 is 0.